The molecule has 0 saturated carbocycles. The van der Waals surface area contributed by atoms with Crippen molar-refractivity contribution in [1.82, 2.24) is 5.32 Å². The van der Waals surface area contributed by atoms with Crippen LogP contribution in [-0.2, 0) is 9.53 Å². The molecule has 2 unspecified atom stereocenters. The molecule has 0 radical (unpaired) electrons. The van der Waals surface area contributed by atoms with Crippen LogP contribution in [-0.4, -0.2) is 30.7 Å². The molecule has 4 heteroatoms. The maximum atomic E-state index is 11.8. The standard InChI is InChI=1S/C13H26N2O2/c1-9(2)8-15-13(12(14)16)5-6-17-11(7-13)10(3)4/h9-11,15H,5-8H2,1-4H3,(H2,14,16). The highest BCUT2D eigenvalue weighted by molar-refractivity contribution is 5.84. The molecule has 0 aromatic carbocycles. The van der Waals surface area contributed by atoms with Gasteiger partial charge in [-0.2, -0.15) is 0 Å². The Labute approximate surface area is 104 Å². The molecule has 1 rings (SSSR count). The van der Waals surface area contributed by atoms with Crippen molar-refractivity contribution in [3.05, 3.63) is 0 Å². The van der Waals surface area contributed by atoms with Crippen LogP contribution in [0.25, 0.3) is 0 Å². The summed E-state index contributed by atoms with van der Waals surface area (Å²) in [7, 11) is 0. The monoisotopic (exact) mass is 242 g/mol. The number of carbonyl (C=O) groups is 1. The molecular weight excluding hydrogens is 216 g/mol. The lowest BCUT2D eigenvalue weighted by Gasteiger charge is -2.41. The van der Waals surface area contributed by atoms with Gasteiger partial charge >= 0.3 is 0 Å². The van der Waals surface area contributed by atoms with Crippen LogP contribution in [0.1, 0.15) is 40.5 Å². The quantitative estimate of drug-likeness (QED) is 0.763. The topological polar surface area (TPSA) is 64.3 Å². The summed E-state index contributed by atoms with van der Waals surface area (Å²) >= 11 is 0. The normalized spacial score (nSPS) is 29.9. The molecule has 4 nitrogen and oxygen atoms in total. The second kappa shape index (κ2) is 5.83. The van der Waals surface area contributed by atoms with Crippen LogP contribution in [0, 0.1) is 11.8 Å². The van der Waals surface area contributed by atoms with E-state index >= 15 is 0 Å². The van der Waals surface area contributed by atoms with Crippen molar-refractivity contribution < 1.29 is 9.53 Å². The zero-order chi connectivity index (χ0) is 13.1. The van der Waals surface area contributed by atoms with Crippen molar-refractivity contribution in [2.45, 2.75) is 52.2 Å². The maximum absolute atomic E-state index is 11.8. The average Bonchev–Trinajstić information content (AvgIpc) is 2.26. The second-order valence-electron chi connectivity index (χ2n) is 5.83. The minimum absolute atomic E-state index is 0.121. The van der Waals surface area contributed by atoms with E-state index < -0.39 is 5.54 Å². The van der Waals surface area contributed by atoms with Gasteiger partial charge in [0, 0.05) is 13.0 Å². The maximum Gasteiger partial charge on any atom is 0.237 e. The van der Waals surface area contributed by atoms with E-state index in [0.29, 0.717) is 31.3 Å². The minimum Gasteiger partial charge on any atom is -0.378 e. The van der Waals surface area contributed by atoms with Gasteiger partial charge in [-0.15, -0.1) is 0 Å². The number of carbonyl (C=O) groups excluding carboxylic acids is 1. The Bertz CT molecular complexity index is 266. The van der Waals surface area contributed by atoms with Crippen molar-refractivity contribution >= 4 is 5.91 Å². The third-order valence-corrected chi connectivity index (χ3v) is 3.47. The zero-order valence-electron chi connectivity index (χ0n) is 11.5. The number of rotatable bonds is 5. The van der Waals surface area contributed by atoms with Crippen molar-refractivity contribution in [2.24, 2.45) is 17.6 Å². The summed E-state index contributed by atoms with van der Waals surface area (Å²) < 4.78 is 5.70. The van der Waals surface area contributed by atoms with Gasteiger partial charge in [-0.3, -0.25) is 4.79 Å². The van der Waals surface area contributed by atoms with Crippen LogP contribution in [0.2, 0.25) is 0 Å². The molecular formula is C13H26N2O2. The van der Waals surface area contributed by atoms with Crippen molar-refractivity contribution in [3.8, 4) is 0 Å². The number of amides is 1. The third-order valence-electron chi connectivity index (χ3n) is 3.47. The molecule has 1 fully saturated rings. The van der Waals surface area contributed by atoms with Crippen LogP contribution in [0.4, 0.5) is 0 Å². The van der Waals surface area contributed by atoms with Crippen molar-refractivity contribution in [1.29, 1.82) is 0 Å². The molecule has 1 amide bonds. The van der Waals surface area contributed by atoms with E-state index in [1.807, 2.05) is 0 Å². The summed E-state index contributed by atoms with van der Waals surface area (Å²) in [6.45, 7) is 9.90. The van der Waals surface area contributed by atoms with Gasteiger partial charge < -0.3 is 15.8 Å². The second-order valence-corrected chi connectivity index (χ2v) is 5.83. The Balaban J connectivity index is 2.73. The average molecular weight is 242 g/mol. The lowest BCUT2D eigenvalue weighted by Crippen LogP contribution is -2.61. The molecule has 1 aliphatic heterocycles. The van der Waals surface area contributed by atoms with E-state index in [9.17, 15) is 4.79 Å². The molecule has 0 aromatic rings. The van der Waals surface area contributed by atoms with E-state index in [1.165, 1.54) is 0 Å². The molecule has 1 heterocycles. The number of nitrogens with one attached hydrogen (secondary N) is 1. The molecule has 3 N–H and O–H groups in total. The fourth-order valence-corrected chi connectivity index (χ4v) is 2.19. The highest BCUT2D eigenvalue weighted by Gasteiger charge is 2.42. The molecule has 0 spiro atoms. The Morgan fingerprint density at radius 2 is 2.12 bits per heavy atom. The minimum atomic E-state index is -0.572. The van der Waals surface area contributed by atoms with Gasteiger partial charge in [0.1, 0.15) is 5.54 Å². The van der Waals surface area contributed by atoms with Crippen molar-refractivity contribution in [3.63, 3.8) is 0 Å². The number of primary amides is 1. The highest BCUT2D eigenvalue weighted by Crippen LogP contribution is 2.28. The molecule has 2 atom stereocenters. The molecule has 0 aromatic heterocycles. The van der Waals surface area contributed by atoms with Crippen LogP contribution >= 0.6 is 0 Å². The fraction of sp³-hybridized carbons (Fsp3) is 0.923. The predicted molar refractivity (Wildman–Crippen MR) is 68.6 cm³/mol. The molecule has 0 aliphatic carbocycles. The first-order valence-electron chi connectivity index (χ1n) is 6.54. The molecule has 100 valence electrons. The van der Waals surface area contributed by atoms with E-state index in [0.717, 1.165) is 6.54 Å². The molecule has 1 saturated heterocycles. The first kappa shape index (κ1) is 14.5. The fourth-order valence-electron chi connectivity index (χ4n) is 2.19. The summed E-state index contributed by atoms with van der Waals surface area (Å²) in [5.41, 5.74) is 5.02. The van der Waals surface area contributed by atoms with Gasteiger partial charge in [0.25, 0.3) is 0 Å². The highest BCUT2D eigenvalue weighted by atomic mass is 16.5. The molecule has 1 aliphatic rings. The lowest BCUT2D eigenvalue weighted by atomic mass is 9.82. The van der Waals surface area contributed by atoms with Gasteiger partial charge in [-0.1, -0.05) is 27.7 Å². The third kappa shape index (κ3) is 3.68. The lowest BCUT2D eigenvalue weighted by molar-refractivity contribution is -0.133. The summed E-state index contributed by atoms with van der Waals surface area (Å²) in [5, 5.41) is 3.36. The molecule has 0 bridgehead atoms. The number of nitrogens with two attached hydrogens (primary N) is 1. The number of hydrogen-bond acceptors (Lipinski definition) is 3. The zero-order valence-corrected chi connectivity index (χ0v) is 11.5. The van der Waals surface area contributed by atoms with Crippen LogP contribution in [0.5, 0.6) is 0 Å². The Kier molecular flexibility index (Phi) is 4.95. The van der Waals surface area contributed by atoms with Gasteiger partial charge in [-0.25, -0.2) is 0 Å². The summed E-state index contributed by atoms with van der Waals surface area (Å²) in [6, 6.07) is 0. The number of ether oxygens (including phenoxy) is 1. The van der Waals surface area contributed by atoms with Gasteiger partial charge in [0.2, 0.25) is 5.91 Å². The van der Waals surface area contributed by atoms with Gasteiger partial charge in [-0.05, 0) is 24.8 Å². The van der Waals surface area contributed by atoms with E-state index in [-0.39, 0.29) is 12.0 Å². The predicted octanol–water partition coefficient (Wildman–Crippen LogP) is 1.29. The Morgan fingerprint density at radius 3 is 2.59 bits per heavy atom. The Morgan fingerprint density at radius 1 is 1.47 bits per heavy atom. The first-order valence-corrected chi connectivity index (χ1v) is 6.54. The summed E-state index contributed by atoms with van der Waals surface area (Å²) in [5.74, 6) is 0.675. The summed E-state index contributed by atoms with van der Waals surface area (Å²) in [4.78, 5) is 11.8. The molecule has 17 heavy (non-hydrogen) atoms. The van der Waals surface area contributed by atoms with Crippen LogP contribution in [0.3, 0.4) is 0 Å². The first-order chi connectivity index (χ1) is 7.87. The van der Waals surface area contributed by atoms with Crippen molar-refractivity contribution in [2.75, 3.05) is 13.2 Å². The smallest absolute Gasteiger partial charge is 0.237 e. The summed E-state index contributed by atoms with van der Waals surface area (Å²) in [6.07, 6.45) is 1.49. The Hall–Kier alpha value is -0.610. The van der Waals surface area contributed by atoms with E-state index in [1.54, 1.807) is 0 Å². The number of hydrogen-bond donors (Lipinski definition) is 2. The largest absolute Gasteiger partial charge is 0.378 e. The van der Waals surface area contributed by atoms with E-state index in [2.05, 4.69) is 33.0 Å². The SMILES string of the molecule is CC(C)CNC1(C(N)=O)CCOC(C(C)C)C1. The van der Waals surface area contributed by atoms with Gasteiger partial charge in [0.05, 0.1) is 6.10 Å². The van der Waals surface area contributed by atoms with Crippen LogP contribution < -0.4 is 11.1 Å². The van der Waals surface area contributed by atoms with E-state index in [4.69, 9.17) is 10.5 Å². The van der Waals surface area contributed by atoms with Crippen LogP contribution in [0.15, 0.2) is 0 Å². The van der Waals surface area contributed by atoms with Gasteiger partial charge in [0.15, 0.2) is 0 Å².